The van der Waals surface area contributed by atoms with Crippen LogP contribution in [0.1, 0.15) is 23.9 Å². The molecule has 0 aliphatic rings. The maximum atomic E-state index is 11.4. The molecule has 0 aliphatic heterocycles. The minimum absolute atomic E-state index is 0.0314. The second-order valence-electron chi connectivity index (χ2n) is 5.66. The van der Waals surface area contributed by atoms with Crippen molar-refractivity contribution in [2.45, 2.75) is 25.2 Å². The number of ether oxygens (including phenoxy) is 1. The van der Waals surface area contributed by atoms with E-state index in [1.165, 1.54) is 6.08 Å². The quantitative estimate of drug-likeness (QED) is 0.409. The van der Waals surface area contributed by atoms with Gasteiger partial charge in [-0.25, -0.2) is 0 Å². The van der Waals surface area contributed by atoms with Gasteiger partial charge in [0.15, 0.2) is 0 Å². The van der Waals surface area contributed by atoms with Crippen LogP contribution in [0.25, 0.3) is 6.08 Å². The molecule has 0 amide bonds. The van der Waals surface area contributed by atoms with Gasteiger partial charge < -0.3 is 19.1 Å². The minimum atomic E-state index is -1.32. The van der Waals surface area contributed by atoms with E-state index in [1.807, 2.05) is 25.1 Å². The fourth-order valence-electron chi connectivity index (χ4n) is 2.23. The first-order chi connectivity index (χ1) is 13.5. The van der Waals surface area contributed by atoms with Crippen molar-refractivity contribution in [2.75, 3.05) is 0 Å². The number of carboxylic acids is 1. The highest BCUT2D eigenvalue weighted by molar-refractivity contribution is 8.03. The molecule has 6 nitrogen and oxygen atoms in total. The number of hydrogen-bond acceptors (Lipinski definition) is 7. The number of carbonyl (C=O) groups is 1. The van der Waals surface area contributed by atoms with E-state index in [9.17, 15) is 9.90 Å². The fraction of sp³-hybridized carbons (Fsp3) is 0.150. The van der Waals surface area contributed by atoms with Gasteiger partial charge in [0.2, 0.25) is 5.89 Å². The maximum Gasteiger partial charge on any atom is 0.281 e. The number of thioether (sulfide) groups is 1. The van der Waals surface area contributed by atoms with Gasteiger partial charge in [0, 0.05) is 21.9 Å². The smallest absolute Gasteiger partial charge is 0.281 e. The van der Waals surface area contributed by atoms with Gasteiger partial charge in [-0.1, -0.05) is 48.9 Å². The first kappa shape index (κ1) is 20.0. The van der Waals surface area contributed by atoms with E-state index < -0.39 is 5.97 Å². The van der Waals surface area contributed by atoms with Crippen molar-refractivity contribution in [3.8, 4) is 5.75 Å². The molecule has 0 radical (unpaired) electrons. The van der Waals surface area contributed by atoms with Crippen molar-refractivity contribution in [1.82, 2.24) is 10.2 Å². The summed E-state index contributed by atoms with van der Waals surface area (Å²) >= 11 is 6.97. The number of aryl methyl sites for hydroxylation is 1. The van der Waals surface area contributed by atoms with Gasteiger partial charge in [-0.2, -0.15) is 0 Å². The first-order valence-electron chi connectivity index (χ1n) is 8.44. The van der Waals surface area contributed by atoms with Crippen LogP contribution in [-0.2, 0) is 17.8 Å². The molecule has 0 saturated carbocycles. The maximum absolute atomic E-state index is 11.4. The monoisotopic (exact) mass is 415 g/mol. The molecule has 8 heteroatoms. The molecule has 0 N–H and O–H groups in total. The van der Waals surface area contributed by atoms with Crippen molar-refractivity contribution in [3.63, 3.8) is 0 Å². The number of carboxylic acid groups (broad SMARTS) is 1. The second-order valence-corrected chi connectivity index (χ2v) is 7.06. The molecule has 3 aromatic rings. The van der Waals surface area contributed by atoms with Crippen molar-refractivity contribution in [1.29, 1.82) is 0 Å². The standard InChI is InChI=1S/C20H17ClN2O4S/c1-2-18-22-23-20(27-18)28-17(19(24)25)11-13-7-9-15(10-8-13)26-12-14-5-3-4-6-16(14)21/h3-11H,2,12H2,1H3,(H,24,25)/p-1/b17-11-. The zero-order chi connectivity index (χ0) is 19.9. The SMILES string of the molecule is CCc1nnc(S/C(=C\c2ccc(OCc3ccccc3Cl)cc2)C(=O)[O-])o1. The van der Waals surface area contributed by atoms with Gasteiger partial charge >= 0.3 is 0 Å². The second kappa shape index (κ2) is 9.43. The average Bonchev–Trinajstić information content (AvgIpc) is 3.15. The Hall–Kier alpha value is -2.77. The summed E-state index contributed by atoms with van der Waals surface area (Å²) in [7, 11) is 0. The molecule has 1 aromatic heterocycles. The number of aliphatic carboxylic acids is 1. The van der Waals surface area contributed by atoms with Crippen molar-refractivity contribution < 1.29 is 19.1 Å². The molecule has 0 fully saturated rings. The van der Waals surface area contributed by atoms with Gasteiger partial charge in [0.05, 0.1) is 5.97 Å². The fourth-order valence-corrected chi connectivity index (χ4v) is 3.11. The zero-order valence-corrected chi connectivity index (χ0v) is 16.5. The van der Waals surface area contributed by atoms with Crippen LogP contribution in [-0.4, -0.2) is 16.2 Å². The summed E-state index contributed by atoms with van der Waals surface area (Å²) in [5.74, 6) is -0.232. The molecule has 2 aromatic carbocycles. The minimum Gasteiger partial charge on any atom is -0.544 e. The summed E-state index contributed by atoms with van der Waals surface area (Å²) in [6.07, 6.45) is 2.06. The Morgan fingerprint density at radius 1 is 1.21 bits per heavy atom. The summed E-state index contributed by atoms with van der Waals surface area (Å²) in [6.45, 7) is 2.21. The third kappa shape index (κ3) is 5.37. The van der Waals surface area contributed by atoms with E-state index in [2.05, 4.69) is 10.2 Å². The summed E-state index contributed by atoms with van der Waals surface area (Å²) in [5.41, 5.74) is 1.56. The average molecular weight is 416 g/mol. The largest absolute Gasteiger partial charge is 0.544 e. The Labute approximate surface area is 171 Å². The van der Waals surface area contributed by atoms with Crippen molar-refractivity contribution in [2.24, 2.45) is 0 Å². The molecule has 0 unspecified atom stereocenters. The highest BCUT2D eigenvalue weighted by Gasteiger charge is 2.10. The van der Waals surface area contributed by atoms with Crippen LogP contribution in [0.2, 0.25) is 5.02 Å². The third-order valence-corrected chi connectivity index (χ3v) is 4.89. The molecule has 1 heterocycles. The number of nitrogens with zero attached hydrogens (tertiary/aromatic N) is 2. The number of rotatable bonds is 8. The predicted octanol–water partition coefficient (Wildman–Crippen LogP) is 3.75. The molecule has 144 valence electrons. The Bertz CT molecular complexity index is 986. The van der Waals surface area contributed by atoms with Gasteiger partial charge in [0.1, 0.15) is 12.4 Å². The van der Waals surface area contributed by atoms with Gasteiger partial charge in [0.25, 0.3) is 5.22 Å². The number of halogens is 1. The summed E-state index contributed by atoms with van der Waals surface area (Å²) in [4.78, 5) is 11.4. The van der Waals surface area contributed by atoms with E-state index in [0.717, 1.165) is 17.3 Å². The third-order valence-electron chi connectivity index (χ3n) is 3.68. The van der Waals surface area contributed by atoms with E-state index in [4.69, 9.17) is 20.8 Å². The van der Waals surface area contributed by atoms with E-state index in [-0.39, 0.29) is 10.1 Å². The molecular weight excluding hydrogens is 400 g/mol. The van der Waals surface area contributed by atoms with Gasteiger partial charge in [-0.05, 0) is 41.6 Å². The lowest BCUT2D eigenvalue weighted by molar-refractivity contribution is -0.298. The van der Waals surface area contributed by atoms with Crippen molar-refractivity contribution >= 4 is 35.4 Å². The topological polar surface area (TPSA) is 88.3 Å². The summed E-state index contributed by atoms with van der Waals surface area (Å²) in [6, 6.07) is 14.4. The van der Waals surface area contributed by atoms with Crippen LogP contribution in [0, 0.1) is 0 Å². The molecule has 0 saturated heterocycles. The van der Waals surface area contributed by atoms with Gasteiger partial charge in [-0.15, -0.1) is 10.2 Å². The Kier molecular flexibility index (Phi) is 6.73. The van der Waals surface area contributed by atoms with Crippen LogP contribution >= 0.6 is 23.4 Å². The van der Waals surface area contributed by atoms with Crippen LogP contribution in [0.5, 0.6) is 5.75 Å². The highest BCUT2D eigenvalue weighted by atomic mass is 35.5. The van der Waals surface area contributed by atoms with E-state index in [1.54, 1.807) is 30.3 Å². The molecule has 3 rings (SSSR count). The van der Waals surface area contributed by atoms with Crippen molar-refractivity contribution in [3.05, 3.63) is 75.5 Å². The van der Waals surface area contributed by atoms with Gasteiger partial charge in [-0.3, -0.25) is 0 Å². The Morgan fingerprint density at radius 3 is 2.61 bits per heavy atom. The molecule has 0 bridgehead atoms. The predicted molar refractivity (Wildman–Crippen MR) is 105 cm³/mol. The lowest BCUT2D eigenvalue weighted by Gasteiger charge is -2.09. The lowest BCUT2D eigenvalue weighted by atomic mass is 10.2. The summed E-state index contributed by atoms with van der Waals surface area (Å²) in [5, 5.41) is 19.8. The van der Waals surface area contributed by atoms with Crippen LogP contribution in [0.4, 0.5) is 0 Å². The molecule has 0 spiro atoms. The Morgan fingerprint density at radius 2 is 1.96 bits per heavy atom. The van der Waals surface area contributed by atoms with Crippen LogP contribution in [0.15, 0.2) is 63.1 Å². The molecular formula is C20H16ClN2O4S-. The van der Waals surface area contributed by atoms with E-state index >= 15 is 0 Å². The lowest BCUT2D eigenvalue weighted by Crippen LogP contribution is -2.23. The van der Waals surface area contributed by atoms with E-state index in [0.29, 0.717) is 35.3 Å². The molecule has 28 heavy (non-hydrogen) atoms. The summed E-state index contributed by atoms with van der Waals surface area (Å²) < 4.78 is 11.1. The van der Waals surface area contributed by atoms with Crippen LogP contribution < -0.4 is 9.84 Å². The normalized spacial score (nSPS) is 11.4. The first-order valence-corrected chi connectivity index (χ1v) is 9.64. The number of benzene rings is 2. The van der Waals surface area contributed by atoms with Crippen LogP contribution in [0.3, 0.4) is 0 Å². The number of aromatic nitrogens is 2. The molecule has 0 atom stereocenters. The number of carbonyl (C=O) groups excluding carboxylic acids is 1. The zero-order valence-electron chi connectivity index (χ0n) is 14.9. The Balaban J connectivity index is 1.68. The molecule has 0 aliphatic carbocycles. The number of hydrogen-bond donors (Lipinski definition) is 0. The highest BCUT2D eigenvalue weighted by Crippen LogP contribution is 2.27.